The predicted octanol–water partition coefficient (Wildman–Crippen LogP) is 3.00. The SMILES string of the molecule is Cc1ccc(-c2nnc(CN(C)S(=O)(=O)c3ccc(F)cc3)o2)cc1. The fourth-order valence-corrected chi connectivity index (χ4v) is 3.31. The van der Waals surface area contributed by atoms with Crippen molar-refractivity contribution in [1.82, 2.24) is 14.5 Å². The molecule has 0 saturated carbocycles. The van der Waals surface area contributed by atoms with Crippen LogP contribution in [0, 0.1) is 12.7 Å². The number of halogens is 1. The summed E-state index contributed by atoms with van der Waals surface area (Å²) < 4.78 is 44.5. The van der Waals surface area contributed by atoms with Gasteiger partial charge >= 0.3 is 0 Å². The van der Waals surface area contributed by atoms with E-state index in [4.69, 9.17) is 4.42 Å². The molecule has 0 aliphatic carbocycles. The van der Waals surface area contributed by atoms with Gasteiger partial charge in [-0.15, -0.1) is 10.2 Å². The van der Waals surface area contributed by atoms with Gasteiger partial charge in [-0.1, -0.05) is 17.7 Å². The molecule has 8 heteroatoms. The maximum absolute atomic E-state index is 13.0. The van der Waals surface area contributed by atoms with Crippen LogP contribution in [0.15, 0.2) is 57.8 Å². The second kappa shape index (κ2) is 6.73. The van der Waals surface area contributed by atoms with E-state index in [0.717, 1.165) is 27.6 Å². The summed E-state index contributed by atoms with van der Waals surface area (Å²) in [5.74, 6) is -0.00687. The molecule has 1 heterocycles. The van der Waals surface area contributed by atoms with Crippen LogP contribution >= 0.6 is 0 Å². The molecular weight excluding hydrogens is 345 g/mol. The van der Waals surface area contributed by atoms with Crippen molar-refractivity contribution < 1.29 is 17.2 Å². The first kappa shape index (κ1) is 17.2. The van der Waals surface area contributed by atoms with Crippen molar-refractivity contribution >= 4 is 10.0 Å². The van der Waals surface area contributed by atoms with Gasteiger partial charge in [0.05, 0.1) is 11.4 Å². The van der Waals surface area contributed by atoms with Crippen molar-refractivity contribution in [3.63, 3.8) is 0 Å². The average Bonchev–Trinajstić information content (AvgIpc) is 3.04. The van der Waals surface area contributed by atoms with E-state index in [-0.39, 0.29) is 17.3 Å². The highest BCUT2D eigenvalue weighted by Crippen LogP contribution is 2.21. The lowest BCUT2D eigenvalue weighted by Gasteiger charge is -2.15. The van der Waals surface area contributed by atoms with Crippen LogP contribution in [-0.2, 0) is 16.6 Å². The highest BCUT2D eigenvalue weighted by molar-refractivity contribution is 7.89. The fourth-order valence-electron chi connectivity index (χ4n) is 2.19. The van der Waals surface area contributed by atoms with Crippen molar-refractivity contribution in [1.29, 1.82) is 0 Å². The lowest BCUT2D eigenvalue weighted by atomic mass is 10.1. The maximum Gasteiger partial charge on any atom is 0.247 e. The number of nitrogens with zero attached hydrogens (tertiary/aromatic N) is 3. The highest BCUT2D eigenvalue weighted by atomic mass is 32.2. The summed E-state index contributed by atoms with van der Waals surface area (Å²) >= 11 is 0. The van der Waals surface area contributed by atoms with Gasteiger partial charge in [-0.3, -0.25) is 0 Å². The molecule has 0 saturated heterocycles. The molecule has 25 heavy (non-hydrogen) atoms. The van der Waals surface area contributed by atoms with E-state index in [1.807, 2.05) is 31.2 Å². The minimum Gasteiger partial charge on any atom is -0.419 e. The van der Waals surface area contributed by atoms with Gasteiger partial charge in [0.15, 0.2) is 0 Å². The van der Waals surface area contributed by atoms with E-state index in [1.165, 1.54) is 19.2 Å². The molecule has 130 valence electrons. The molecule has 3 aromatic rings. The Morgan fingerprint density at radius 2 is 1.68 bits per heavy atom. The average molecular weight is 361 g/mol. The molecule has 6 nitrogen and oxygen atoms in total. The summed E-state index contributed by atoms with van der Waals surface area (Å²) in [7, 11) is -2.38. The van der Waals surface area contributed by atoms with Gasteiger partial charge in [0.1, 0.15) is 5.82 Å². The summed E-state index contributed by atoms with van der Waals surface area (Å²) in [6.07, 6.45) is 0. The van der Waals surface area contributed by atoms with E-state index in [0.29, 0.717) is 5.89 Å². The van der Waals surface area contributed by atoms with Crippen LogP contribution in [0.2, 0.25) is 0 Å². The Morgan fingerprint density at radius 3 is 2.32 bits per heavy atom. The Balaban J connectivity index is 1.78. The second-order valence-electron chi connectivity index (χ2n) is 5.58. The van der Waals surface area contributed by atoms with Crippen molar-refractivity contribution in [2.24, 2.45) is 0 Å². The van der Waals surface area contributed by atoms with Gasteiger partial charge in [0, 0.05) is 12.6 Å². The third-order valence-corrected chi connectivity index (χ3v) is 5.46. The standard InChI is InChI=1S/C17H16FN3O3S/c1-12-3-5-13(6-4-12)17-20-19-16(24-17)11-21(2)25(22,23)15-9-7-14(18)8-10-15/h3-10H,11H2,1-2H3. The van der Waals surface area contributed by atoms with E-state index in [9.17, 15) is 12.8 Å². The molecule has 0 N–H and O–H groups in total. The minimum absolute atomic E-state index is 0.00493. The molecule has 0 bridgehead atoms. The first-order valence-electron chi connectivity index (χ1n) is 7.47. The molecule has 0 spiro atoms. The molecule has 0 unspecified atom stereocenters. The Kier molecular flexibility index (Phi) is 4.65. The smallest absolute Gasteiger partial charge is 0.247 e. The molecular formula is C17H16FN3O3S. The molecule has 0 aliphatic rings. The Morgan fingerprint density at radius 1 is 1.04 bits per heavy atom. The Labute approximate surface area is 145 Å². The largest absolute Gasteiger partial charge is 0.419 e. The van der Waals surface area contributed by atoms with E-state index in [2.05, 4.69) is 10.2 Å². The zero-order valence-electron chi connectivity index (χ0n) is 13.7. The molecule has 3 rings (SSSR count). The van der Waals surface area contributed by atoms with Crippen LogP contribution in [0.4, 0.5) is 4.39 Å². The van der Waals surface area contributed by atoms with Gasteiger partial charge in [-0.05, 0) is 43.3 Å². The normalized spacial score (nSPS) is 11.8. The fraction of sp³-hybridized carbons (Fsp3) is 0.176. The number of hydrogen-bond acceptors (Lipinski definition) is 5. The van der Waals surface area contributed by atoms with Crippen LogP contribution in [-0.4, -0.2) is 30.0 Å². The number of sulfonamides is 1. The molecule has 0 atom stereocenters. The summed E-state index contributed by atoms with van der Waals surface area (Å²) in [6.45, 7) is 1.89. The minimum atomic E-state index is -3.78. The summed E-state index contributed by atoms with van der Waals surface area (Å²) in [5.41, 5.74) is 1.86. The zero-order chi connectivity index (χ0) is 18.0. The molecule has 0 amide bonds. The maximum atomic E-state index is 13.0. The van der Waals surface area contributed by atoms with Crippen molar-refractivity contribution in [3.8, 4) is 11.5 Å². The van der Waals surface area contributed by atoms with Crippen LogP contribution in [0.25, 0.3) is 11.5 Å². The zero-order valence-corrected chi connectivity index (χ0v) is 14.5. The molecule has 0 fully saturated rings. The number of benzene rings is 2. The lowest BCUT2D eigenvalue weighted by Crippen LogP contribution is -2.26. The van der Waals surface area contributed by atoms with Crippen LogP contribution < -0.4 is 0 Å². The van der Waals surface area contributed by atoms with Gasteiger partial charge in [0.25, 0.3) is 0 Å². The second-order valence-corrected chi connectivity index (χ2v) is 7.63. The van der Waals surface area contributed by atoms with Crippen molar-refractivity contribution in [2.45, 2.75) is 18.4 Å². The summed E-state index contributed by atoms with van der Waals surface area (Å²) in [5, 5.41) is 7.84. The lowest BCUT2D eigenvalue weighted by molar-refractivity contribution is 0.400. The van der Waals surface area contributed by atoms with Gasteiger partial charge in [-0.2, -0.15) is 4.31 Å². The van der Waals surface area contributed by atoms with E-state index in [1.54, 1.807) is 0 Å². The van der Waals surface area contributed by atoms with Crippen molar-refractivity contribution in [2.75, 3.05) is 7.05 Å². The predicted molar refractivity (Wildman–Crippen MR) is 89.5 cm³/mol. The first-order valence-corrected chi connectivity index (χ1v) is 8.91. The number of aromatic nitrogens is 2. The third-order valence-electron chi connectivity index (χ3n) is 3.65. The van der Waals surface area contributed by atoms with Crippen LogP contribution in [0.3, 0.4) is 0 Å². The van der Waals surface area contributed by atoms with Crippen LogP contribution in [0.1, 0.15) is 11.5 Å². The van der Waals surface area contributed by atoms with Crippen molar-refractivity contribution in [3.05, 3.63) is 65.8 Å². The summed E-state index contributed by atoms with van der Waals surface area (Å²) in [4.78, 5) is -0.00493. The number of aryl methyl sites for hydroxylation is 1. The molecule has 1 aromatic heterocycles. The number of rotatable bonds is 5. The topological polar surface area (TPSA) is 76.3 Å². The van der Waals surface area contributed by atoms with Gasteiger partial charge in [-0.25, -0.2) is 12.8 Å². The monoisotopic (exact) mass is 361 g/mol. The molecule has 2 aromatic carbocycles. The number of hydrogen-bond donors (Lipinski definition) is 0. The van der Waals surface area contributed by atoms with E-state index < -0.39 is 15.8 Å². The summed E-state index contributed by atoms with van der Waals surface area (Å²) in [6, 6.07) is 12.2. The van der Waals surface area contributed by atoms with Gasteiger partial charge in [0.2, 0.25) is 21.8 Å². The molecule has 0 aliphatic heterocycles. The third kappa shape index (κ3) is 3.75. The van der Waals surface area contributed by atoms with Crippen LogP contribution in [0.5, 0.6) is 0 Å². The Hall–Kier alpha value is -2.58. The first-order chi connectivity index (χ1) is 11.9. The quantitative estimate of drug-likeness (QED) is 0.698. The van der Waals surface area contributed by atoms with Gasteiger partial charge < -0.3 is 4.42 Å². The molecule has 0 radical (unpaired) electrons. The highest BCUT2D eigenvalue weighted by Gasteiger charge is 2.23. The van der Waals surface area contributed by atoms with E-state index >= 15 is 0 Å². The Bertz CT molecular complexity index is 967.